The zero-order valence-corrected chi connectivity index (χ0v) is 27.0. The van der Waals surface area contributed by atoms with E-state index in [2.05, 4.69) is 47.2 Å². The van der Waals surface area contributed by atoms with Crippen LogP contribution in [-0.4, -0.2) is 93.4 Å². The number of rotatable bonds is 10. The van der Waals surface area contributed by atoms with Crippen molar-refractivity contribution in [3.8, 4) is 16.9 Å². The summed E-state index contributed by atoms with van der Waals surface area (Å²) in [6, 6.07) is 20.5. The van der Waals surface area contributed by atoms with Crippen molar-refractivity contribution in [3.05, 3.63) is 83.3 Å². The average Bonchev–Trinajstić information content (AvgIpc) is 3.58. The third kappa shape index (κ3) is 6.26. The average molecular weight is 638 g/mol. The Kier molecular flexibility index (Phi) is 9.26. The van der Waals surface area contributed by atoms with E-state index in [1.54, 1.807) is 0 Å². The van der Waals surface area contributed by atoms with Gasteiger partial charge in [-0.25, -0.2) is 4.79 Å². The summed E-state index contributed by atoms with van der Waals surface area (Å²) in [5, 5.41) is 29.0. The van der Waals surface area contributed by atoms with E-state index in [-0.39, 0.29) is 6.61 Å². The van der Waals surface area contributed by atoms with Gasteiger partial charge in [-0.05, 0) is 49.9 Å². The van der Waals surface area contributed by atoms with Gasteiger partial charge in [0.15, 0.2) is 0 Å². The molecule has 10 nitrogen and oxygen atoms in total. The van der Waals surface area contributed by atoms with Crippen LogP contribution in [0.1, 0.15) is 40.3 Å². The van der Waals surface area contributed by atoms with Crippen LogP contribution in [0, 0.1) is 0 Å². The highest BCUT2D eigenvalue weighted by Crippen LogP contribution is 2.40. The molecule has 47 heavy (non-hydrogen) atoms. The van der Waals surface area contributed by atoms with E-state index in [9.17, 15) is 15.0 Å². The summed E-state index contributed by atoms with van der Waals surface area (Å²) in [5.41, 5.74) is 6.21. The summed E-state index contributed by atoms with van der Waals surface area (Å²) in [5.74, 6) is -0.0683. The zero-order valence-electron chi connectivity index (χ0n) is 27.0. The second-order valence-corrected chi connectivity index (χ2v) is 12.6. The van der Waals surface area contributed by atoms with Crippen molar-refractivity contribution in [3.63, 3.8) is 0 Å². The Morgan fingerprint density at radius 3 is 2.60 bits per heavy atom. The fraction of sp³-hybridized carbons (Fsp3) is 0.405. The Morgan fingerprint density at radius 2 is 1.77 bits per heavy atom. The number of nitrogens with zero attached hydrogens (tertiary/aromatic N) is 5. The molecule has 3 aromatic carbocycles. The summed E-state index contributed by atoms with van der Waals surface area (Å²) in [7, 11) is 2.09. The molecule has 0 spiro atoms. The van der Waals surface area contributed by atoms with Gasteiger partial charge in [-0.15, -0.1) is 0 Å². The number of hydrogen-bond donors (Lipinski definition) is 2. The van der Waals surface area contributed by atoms with Gasteiger partial charge in [0.2, 0.25) is 0 Å². The molecule has 2 aliphatic heterocycles. The van der Waals surface area contributed by atoms with E-state index >= 15 is 0 Å². The van der Waals surface area contributed by atoms with Crippen LogP contribution < -0.4 is 4.74 Å². The second kappa shape index (κ2) is 13.9. The van der Waals surface area contributed by atoms with Crippen molar-refractivity contribution in [1.82, 2.24) is 24.1 Å². The first-order chi connectivity index (χ1) is 23.0. The Hall–Kier alpha value is -4.22. The fourth-order valence-electron chi connectivity index (χ4n) is 7.37. The molecular weight excluding hydrogens is 594 g/mol. The minimum absolute atomic E-state index is 0.0127. The minimum Gasteiger partial charge on any atom is -0.493 e. The van der Waals surface area contributed by atoms with Crippen LogP contribution in [0.5, 0.6) is 5.75 Å². The number of aromatic carboxylic acids is 1. The van der Waals surface area contributed by atoms with Crippen LogP contribution in [-0.2, 0) is 37.3 Å². The lowest BCUT2D eigenvalue weighted by Crippen LogP contribution is -2.36. The first-order valence-electron chi connectivity index (χ1n) is 16.7. The lowest BCUT2D eigenvalue weighted by Gasteiger charge is -2.27. The molecule has 0 saturated carbocycles. The smallest absolute Gasteiger partial charge is 0.352 e. The molecule has 0 aliphatic carbocycles. The molecule has 0 amide bonds. The number of hydrogen-bond acceptors (Lipinski definition) is 7. The maximum Gasteiger partial charge on any atom is 0.352 e. The number of aromatic nitrogens is 3. The molecular formula is C37H43N5O5. The van der Waals surface area contributed by atoms with E-state index < -0.39 is 5.97 Å². The molecule has 0 bridgehead atoms. The summed E-state index contributed by atoms with van der Waals surface area (Å²) in [4.78, 5) is 17.7. The number of para-hydroxylation sites is 1. The quantitative estimate of drug-likeness (QED) is 0.206. The highest BCUT2D eigenvalue weighted by atomic mass is 16.5. The van der Waals surface area contributed by atoms with Crippen molar-refractivity contribution in [1.29, 1.82) is 0 Å². The molecule has 7 rings (SSSR count). The minimum atomic E-state index is -0.910. The van der Waals surface area contributed by atoms with E-state index in [1.165, 1.54) is 0 Å². The maximum atomic E-state index is 13.1. The van der Waals surface area contributed by atoms with Crippen molar-refractivity contribution in [2.75, 3.05) is 53.1 Å². The van der Waals surface area contributed by atoms with E-state index in [0.29, 0.717) is 64.5 Å². The lowest BCUT2D eigenvalue weighted by molar-refractivity contribution is 0.0329. The Labute approximate surface area is 274 Å². The molecule has 10 heteroatoms. The molecule has 1 saturated heterocycles. The number of aliphatic hydroxyl groups excluding tert-OH is 1. The standard InChI is InChI=1S/C37H43N5O5/c1-39-15-7-16-41-35-28(29(36(41)37(44)45)13-6-21-47-33-14-4-9-26-8-2-3-10-27(26)33)11-5-12-30(35)34-31(24-39)38-42(17-20-43)32(34)25-40-18-22-46-23-19-40/h2-5,8-12,14,43H,6-7,13,15-25H2,1H3,(H,44,45). The summed E-state index contributed by atoms with van der Waals surface area (Å²) in [6.07, 6.45) is 2.07. The van der Waals surface area contributed by atoms with Gasteiger partial charge in [0.05, 0.1) is 49.9 Å². The van der Waals surface area contributed by atoms with Crippen molar-refractivity contribution in [2.24, 2.45) is 0 Å². The van der Waals surface area contributed by atoms with Gasteiger partial charge in [-0.3, -0.25) is 9.58 Å². The molecule has 5 aromatic rings. The number of carboxylic acids is 1. The van der Waals surface area contributed by atoms with Crippen LogP contribution in [0.15, 0.2) is 60.7 Å². The molecule has 0 radical (unpaired) electrons. The lowest BCUT2D eigenvalue weighted by atomic mass is 9.97. The Bertz CT molecular complexity index is 1880. The molecule has 1 fully saturated rings. The van der Waals surface area contributed by atoms with Crippen LogP contribution in [0.4, 0.5) is 0 Å². The number of aryl methyl sites for hydroxylation is 2. The molecule has 4 heterocycles. The highest BCUT2D eigenvalue weighted by Gasteiger charge is 2.29. The van der Waals surface area contributed by atoms with E-state index in [4.69, 9.17) is 14.6 Å². The topological polar surface area (TPSA) is 105 Å². The van der Waals surface area contributed by atoms with E-state index in [1.807, 2.05) is 39.6 Å². The predicted molar refractivity (Wildman–Crippen MR) is 182 cm³/mol. The molecule has 2 aliphatic rings. The zero-order chi connectivity index (χ0) is 32.3. The summed E-state index contributed by atoms with van der Waals surface area (Å²) < 4.78 is 15.9. The number of aliphatic hydroxyl groups is 1. The largest absolute Gasteiger partial charge is 0.493 e. The van der Waals surface area contributed by atoms with Crippen LogP contribution in [0.2, 0.25) is 0 Å². The SMILES string of the molecule is CN1CCCn2c(C(=O)O)c(CCCOc3cccc4ccccc34)c3cccc(c32)-c2c(nn(CCO)c2CN2CCOCC2)C1. The van der Waals surface area contributed by atoms with Gasteiger partial charge >= 0.3 is 5.97 Å². The van der Waals surface area contributed by atoms with Gasteiger partial charge < -0.3 is 29.2 Å². The van der Waals surface area contributed by atoms with Crippen LogP contribution >= 0.6 is 0 Å². The molecule has 0 atom stereocenters. The number of benzene rings is 3. The fourth-order valence-corrected chi connectivity index (χ4v) is 7.37. The van der Waals surface area contributed by atoms with E-state index in [0.717, 1.165) is 81.6 Å². The van der Waals surface area contributed by atoms with Gasteiger partial charge in [-0.1, -0.05) is 54.6 Å². The summed E-state index contributed by atoms with van der Waals surface area (Å²) in [6.45, 7) is 6.65. The first-order valence-corrected chi connectivity index (χ1v) is 16.7. The van der Waals surface area contributed by atoms with Crippen LogP contribution in [0.3, 0.4) is 0 Å². The predicted octanol–water partition coefficient (Wildman–Crippen LogP) is 5.03. The number of morpholine rings is 1. The number of carbonyl (C=O) groups is 1. The monoisotopic (exact) mass is 637 g/mol. The highest BCUT2D eigenvalue weighted by molar-refractivity contribution is 6.04. The molecule has 246 valence electrons. The summed E-state index contributed by atoms with van der Waals surface area (Å²) >= 11 is 0. The third-order valence-corrected chi connectivity index (χ3v) is 9.50. The Morgan fingerprint density at radius 1 is 0.979 bits per heavy atom. The van der Waals surface area contributed by atoms with Gasteiger partial charge in [-0.2, -0.15) is 5.10 Å². The van der Waals surface area contributed by atoms with Crippen molar-refractivity contribution < 1.29 is 24.5 Å². The molecule has 2 N–H and O–H groups in total. The van der Waals surface area contributed by atoms with Gasteiger partial charge in [0.1, 0.15) is 11.4 Å². The Balaban J connectivity index is 1.30. The van der Waals surface area contributed by atoms with Crippen molar-refractivity contribution >= 4 is 27.6 Å². The first kappa shape index (κ1) is 31.4. The molecule has 2 aromatic heterocycles. The van der Waals surface area contributed by atoms with Crippen LogP contribution in [0.25, 0.3) is 32.8 Å². The van der Waals surface area contributed by atoms with Crippen molar-refractivity contribution in [2.45, 2.75) is 45.4 Å². The number of carboxylic acid groups (broad SMARTS) is 1. The second-order valence-electron chi connectivity index (χ2n) is 12.6. The number of ether oxygens (including phenoxy) is 2. The maximum absolute atomic E-state index is 13.1. The van der Waals surface area contributed by atoms with Gasteiger partial charge in [0, 0.05) is 54.6 Å². The normalized spacial score (nSPS) is 16.0. The third-order valence-electron chi connectivity index (χ3n) is 9.50. The van der Waals surface area contributed by atoms with Gasteiger partial charge in [0.25, 0.3) is 0 Å². The number of fused-ring (bicyclic) bond motifs is 3. The molecule has 0 unspecified atom stereocenters.